The maximum atomic E-state index is 13.6. The van der Waals surface area contributed by atoms with Crippen LogP contribution in [0.3, 0.4) is 0 Å². The number of phenolic OH excluding ortho intramolecular Hbond substituents is 1. The highest BCUT2D eigenvalue weighted by molar-refractivity contribution is 7.13. The van der Waals surface area contributed by atoms with Gasteiger partial charge in [0.25, 0.3) is 5.91 Å². The van der Waals surface area contributed by atoms with Crippen LogP contribution in [0.5, 0.6) is 11.5 Å². The van der Waals surface area contributed by atoms with E-state index in [1.165, 1.54) is 24.7 Å². The quantitative estimate of drug-likeness (QED) is 0.277. The lowest BCUT2D eigenvalue weighted by Gasteiger charge is -2.28. The van der Waals surface area contributed by atoms with E-state index in [-0.39, 0.29) is 11.7 Å². The molecule has 0 fully saturated rings. The summed E-state index contributed by atoms with van der Waals surface area (Å²) in [7, 11) is 1.45. The summed E-state index contributed by atoms with van der Waals surface area (Å²) >= 11 is 1.24. The zero-order valence-corrected chi connectivity index (χ0v) is 19.5. The number of carbonyl (C=O) groups is 2. The van der Waals surface area contributed by atoms with E-state index in [0.717, 1.165) is 16.7 Å². The molecule has 3 N–H and O–H groups in total. The normalized spacial score (nSPS) is 13.9. The minimum Gasteiger partial charge on any atom is -0.504 e. The SMILES string of the molecule is COc1cccc(/C=N/NC(=O)c2scc3c2NC(=O)C3(c2ccccc2)c2ccccc2)c1O. The van der Waals surface area contributed by atoms with Gasteiger partial charge in [0.05, 0.1) is 19.0 Å². The lowest BCUT2D eigenvalue weighted by Crippen LogP contribution is -2.36. The number of thiophene rings is 1. The van der Waals surface area contributed by atoms with Crippen LogP contribution in [0, 0.1) is 0 Å². The number of carbonyl (C=O) groups excluding carboxylic acids is 2. The number of amides is 2. The van der Waals surface area contributed by atoms with Crippen molar-refractivity contribution < 1.29 is 19.4 Å². The first-order chi connectivity index (χ1) is 17.1. The molecular formula is C27H21N3O4S. The highest BCUT2D eigenvalue weighted by atomic mass is 32.1. The Morgan fingerprint density at radius 3 is 2.31 bits per heavy atom. The number of nitrogens with one attached hydrogen (secondary N) is 2. The zero-order valence-electron chi connectivity index (χ0n) is 18.7. The van der Waals surface area contributed by atoms with Crippen LogP contribution in [0.1, 0.15) is 31.9 Å². The zero-order chi connectivity index (χ0) is 24.4. The Labute approximate surface area is 205 Å². The first-order valence-corrected chi connectivity index (χ1v) is 11.7. The number of hydrogen-bond acceptors (Lipinski definition) is 6. The summed E-state index contributed by atoms with van der Waals surface area (Å²) in [5.74, 6) is -0.455. The van der Waals surface area contributed by atoms with Gasteiger partial charge in [-0.1, -0.05) is 66.7 Å². The van der Waals surface area contributed by atoms with Gasteiger partial charge in [-0.3, -0.25) is 9.59 Å². The molecule has 1 aliphatic rings. The van der Waals surface area contributed by atoms with Crippen LogP contribution in [0.4, 0.5) is 5.69 Å². The van der Waals surface area contributed by atoms with Gasteiger partial charge in [0.15, 0.2) is 11.5 Å². The van der Waals surface area contributed by atoms with Gasteiger partial charge in [-0.2, -0.15) is 5.10 Å². The fourth-order valence-corrected chi connectivity index (χ4v) is 5.35. The Balaban J connectivity index is 1.50. The van der Waals surface area contributed by atoms with Crippen LogP contribution in [0.25, 0.3) is 0 Å². The number of phenols is 1. The molecule has 0 spiro atoms. The number of benzene rings is 3. The summed E-state index contributed by atoms with van der Waals surface area (Å²) < 4.78 is 5.09. The van der Waals surface area contributed by atoms with Crippen molar-refractivity contribution in [1.82, 2.24) is 5.43 Å². The third kappa shape index (κ3) is 3.64. The van der Waals surface area contributed by atoms with E-state index in [2.05, 4.69) is 15.8 Å². The highest BCUT2D eigenvalue weighted by Gasteiger charge is 2.51. The van der Waals surface area contributed by atoms with Crippen molar-refractivity contribution >= 4 is 35.1 Å². The third-order valence-corrected chi connectivity index (χ3v) is 6.99. The second kappa shape index (κ2) is 9.08. The van der Waals surface area contributed by atoms with E-state index in [9.17, 15) is 14.7 Å². The predicted molar refractivity (Wildman–Crippen MR) is 135 cm³/mol. The molecule has 7 nitrogen and oxygen atoms in total. The Hall–Kier alpha value is -4.43. The first kappa shape index (κ1) is 22.4. The molecule has 174 valence electrons. The van der Waals surface area contributed by atoms with Crippen molar-refractivity contribution in [3.8, 4) is 11.5 Å². The van der Waals surface area contributed by atoms with Gasteiger partial charge in [-0.25, -0.2) is 5.43 Å². The molecule has 1 aliphatic heterocycles. The number of anilines is 1. The molecule has 0 unspecified atom stereocenters. The summed E-state index contributed by atoms with van der Waals surface area (Å²) in [6.45, 7) is 0. The number of hydrazone groups is 1. The first-order valence-electron chi connectivity index (χ1n) is 10.8. The lowest BCUT2D eigenvalue weighted by atomic mass is 9.71. The Bertz CT molecular complexity index is 1390. The van der Waals surface area contributed by atoms with Crippen molar-refractivity contribution in [2.75, 3.05) is 12.4 Å². The summed E-state index contributed by atoms with van der Waals surface area (Å²) in [6.07, 6.45) is 1.33. The Kier molecular flexibility index (Phi) is 5.80. The molecule has 5 rings (SSSR count). The van der Waals surface area contributed by atoms with Crippen LogP contribution in [-0.2, 0) is 10.2 Å². The maximum absolute atomic E-state index is 13.6. The maximum Gasteiger partial charge on any atom is 0.283 e. The molecule has 0 saturated carbocycles. The van der Waals surface area contributed by atoms with Crippen molar-refractivity contribution in [1.29, 1.82) is 0 Å². The smallest absolute Gasteiger partial charge is 0.283 e. The second-order valence-corrected chi connectivity index (χ2v) is 8.77. The van der Waals surface area contributed by atoms with Crippen molar-refractivity contribution in [2.45, 2.75) is 5.41 Å². The predicted octanol–water partition coefficient (Wildman–Crippen LogP) is 4.51. The average Bonchev–Trinajstić information content (AvgIpc) is 3.43. The lowest BCUT2D eigenvalue weighted by molar-refractivity contribution is -0.118. The average molecular weight is 484 g/mol. The van der Waals surface area contributed by atoms with Gasteiger partial charge < -0.3 is 15.2 Å². The van der Waals surface area contributed by atoms with Crippen LogP contribution in [-0.4, -0.2) is 30.2 Å². The molecule has 0 bridgehead atoms. The van der Waals surface area contributed by atoms with Gasteiger partial charge >= 0.3 is 0 Å². The molecule has 0 saturated heterocycles. The number of fused-ring (bicyclic) bond motifs is 1. The van der Waals surface area contributed by atoms with Crippen LogP contribution < -0.4 is 15.5 Å². The number of ether oxygens (including phenoxy) is 1. The van der Waals surface area contributed by atoms with Crippen LogP contribution in [0.2, 0.25) is 0 Å². The fourth-order valence-electron chi connectivity index (χ4n) is 4.39. The minimum atomic E-state index is -1.07. The van der Waals surface area contributed by atoms with E-state index in [0.29, 0.717) is 21.9 Å². The molecule has 2 amide bonds. The van der Waals surface area contributed by atoms with E-state index < -0.39 is 11.3 Å². The molecule has 0 aliphatic carbocycles. The summed E-state index contributed by atoms with van der Waals surface area (Å²) in [4.78, 5) is 26.9. The van der Waals surface area contributed by atoms with Gasteiger partial charge in [-0.15, -0.1) is 11.3 Å². The molecular weight excluding hydrogens is 462 g/mol. The van der Waals surface area contributed by atoms with Gasteiger partial charge in [0.2, 0.25) is 5.91 Å². The number of methoxy groups -OCH3 is 1. The standard InChI is InChI=1S/C27H21N3O4S/c1-34-21-14-8-9-17(23(21)31)15-28-30-25(32)24-22-20(16-35-24)27(26(33)29-22,18-10-4-2-5-11-18)19-12-6-3-7-13-19/h2-16,31H,1H3,(H,29,33)(H,30,32)/b28-15+. The topological polar surface area (TPSA) is 100 Å². The molecule has 1 aromatic heterocycles. The number of aromatic hydroxyl groups is 1. The molecule has 3 aromatic carbocycles. The molecule has 8 heteroatoms. The molecule has 2 heterocycles. The van der Waals surface area contributed by atoms with E-state index in [1.807, 2.05) is 66.0 Å². The van der Waals surface area contributed by atoms with E-state index in [1.54, 1.807) is 18.2 Å². The fraction of sp³-hybridized carbons (Fsp3) is 0.0741. The van der Waals surface area contributed by atoms with Crippen molar-refractivity contribution in [2.24, 2.45) is 5.10 Å². The van der Waals surface area contributed by atoms with Gasteiger partial charge in [0.1, 0.15) is 10.3 Å². The second-order valence-electron chi connectivity index (χ2n) is 7.89. The Morgan fingerprint density at radius 1 is 1.03 bits per heavy atom. The number of hydrogen-bond donors (Lipinski definition) is 3. The summed E-state index contributed by atoms with van der Waals surface area (Å²) in [5.41, 5.74) is 4.65. The Morgan fingerprint density at radius 2 is 1.69 bits per heavy atom. The van der Waals surface area contributed by atoms with Gasteiger partial charge in [0, 0.05) is 11.1 Å². The van der Waals surface area contributed by atoms with Gasteiger partial charge in [-0.05, 0) is 28.6 Å². The monoisotopic (exact) mass is 483 g/mol. The van der Waals surface area contributed by atoms with Crippen molar-refractivity contribution in [3.05, 3.63) is 111 Å². The molecule has 0 radical (unpaired) electrons. The number of rotatable bonds is 6. The summed E-state index contributed by atoms with van der Waals surface area (Å²) in [5, 5.41) is 19.0. The van der Waals surface area contributed by atoms with Crippen LogP contribution >= 0.6 is 11.3 Å². The molecule has 0 atom stereocenters. The van der Waals surface area contributed by atoms with Crippen molar-refractivity contribution in [3.63, 3.8) is 0 Å². The largest absolute Gasteiger partial charge is 0.504 e. The van der Waals surface area contributed by atoms with Crippen LogP contribution in [0.15, 0.2) is 89.3 Å². The highest BCUT2D eigenvalue weighted by Crippen LogP contribution is 2.50. The summed E-state index contributed by atoms with van der Waals surface area (Å²) in [6, 6.07) is 24.0. The third-order valence-electron chi connectivity index (χ3n) is 6.01. The van der Waals surface area contributed by atoms with E-state index >= 15 is 0 Å². The molecule has 4 aromatic rings. The van der Waals surface area contributed by atoms with E-state index in [4.69, 9.17) is 4.74 Å². The molecule has 35 heavy (non-hydrogen) atoms. The number of nitrogens with zero attached hydrogens (tertiary/aromatic N) is 1. The number of para-hydroxylation sites is 1. The minimum absolute atomic E-state index is 0.0761.